The first-order valence-electron chi connectivity index (χ1n) is 8.94. The van der Waals surface area contributed by atoms with Crippen molar-refractivity contribution in [2.75, 3.05) is 0 Å². The highest BCUT2D eigenvalue weighted by Gasteiger charge is 2.14. The molecular weight excluding hydrogens is 308 g/mol. The van der Waals surface area contributed by atoms with Crippen LogP contribution in [0.3, 0.4) is 0 Å². The van der Waals surface area contributed by atoms with Gasteiger partial charge in [-0.15, -0.1) is 0 Å². The third-order valence-corrected chi connectivity index (χ3v) is 4.41. The highest BCUT2D eigenvalue weighted by Crippen LogP contribution is 2.20. The summed E-state index contributed by atoms with van der Waals surface area (Å²) >= 11 is 0. The monoisotopic (exact) mass is 334 g/mol. The molecule has 1 aromatic heterocycles. The number of benzene rings is 2. The predicted octanol–water partition coefficient (Wildman–Crippen LogP) is 4.19. The summed E-state index contributed by atoms with van der Waals surface area (Å²) in [6, 6.07) is 19.2. The average Bonchev–Trinajstić information content (AvgIpc) is 3.03. The van der Waals surface area contributed by atoms with Crippen LogP contribution >= 0.6 is 0 Å². The summed E-state index contributed by atoms with van der Waals surface area (Å²) in [6.45, 7) is 7.90. The van der Waals surface area contributed by atoms with Gasteiger partial charge in [0.25, 0.3) is 0 Å². The normalized spacial score (nSPS) is 12.3. The highest BCUT2D eigenvalue weighted by molar-refractivity contribution is 5.60. The number of rotatable bonds is 7. The Bertz CT molecular complexity index is 808. The van der Waals surface area contributed by atoms with Gasteiger partial charge in [0, 0.05) is 18.2 Å². The molecule has 1 N–H and O–H groups in total. The van der Waals surface area contributed by atoms with Gasteiger partial charge in [0.1, 0.15) is 11.4 Å². The highest BCUT2D eigenvalue weighted by atomic mass is 15.5. The second-order valence-corrected chi connectivity index (χ2v) is 6.57. The van der Waals surface area contributed by atoms with E-state index in [1.54, 1.807) is 0 Å². The lowest BCUT2D eigenvalue weighted by atomic mass is 10.1. The van der Waals surface area contributed by atoms with E-state index >= 15 is 0 Å². The van der Waals surface area contributed by atoms with Gasteiger partial charge in [-0.1, -0.05) is 67.1 Å². The Kier molecular flexibility index (Phi) is 5.61. The van der Waals surface area contributed by atoms with Crippen molar-refractivity contribution in [2.24, 2.45) is 0 Å². The van der Waals surface area contributed by atoms with Gasteiger partial charge in [0.05, 0.1) is 6.54 Å². The van der Waals surface area contributed by atoms with Gasteiger partial charge in [-0.25, -0.2) is 0 Å². The molecule has 1 heterocycles. The molecule has 3 aromatic rings. The first-order valence-corrected chi connectivity index (χ1v) is 8.94. The van der Waals surface area contributed by atoms with Gasteiger partial charge in [0.15, 0.2) is 0 Å². The molecule has 2 aromatic carbocycles. The van der Waals surface area contributed by atoms with Gasteiger partial charge < -0.3 is 5.32 Å². The molecule has 0 spiro atoms. The van der Waals surface area contributed by atoms with E-state index in [1.807, 2.05) is 23.0 Å². The topological polar surface area (TPSA) is 42.7 Å². The molecule has 25 heavy (non-hydrogen) atoms. The van der Waals surface area contributed by atoms with Crippen molar-refractivity contribution in [1.29, 1.82) is 0 Å². The van der Waals surface area contributed by atoms with Crippen molar-refractivity contribution >= 4 is 0 Å². The number of hydrogen-bond acceptors (Lipinski definition) is 3. The molecule has 0 aliphatic rings. The minimum absolute atomic E-state index is 0.463. The van der Waals surface area contributed by atoms with Crippen molar-refractivity contribution < 1.29 is 0 Å². The minimum Gasteiger partial charge on any atom is -0.309 e. The molecule has 4 heteroatoms. The van der Waals surface area contributed by atoms with Crippen molar-refractivity contribution in [3.8, 4) is 11.3 Å². The molecular formula is C21H26N4. The maximum atomic E-state index is 4.77. The molecule has 0 aliphatic heterocycles. The van der Waals surface area contributed by atoms with E-state index in [1.165, 1.54) is 11.1 Å². The second-order valence-electron chi connectivity index (χ2n) is 6.57. The Morgan fingerprint density at radius 2 is 1.84 bits per heavy atom. The fraction of sp³-hybridized carbons (Fsp3) is 0.333. The van der Waals surface area contributed by atoms with Crippen LogP contribution in [0.25, 0.3) is 11.3 Å². The van der Waals surface area contributed by atoms with Crippen molar-refractivity contribution in [3.63, 3.8) is 0 Å². The third kappa shape index (κ3) is 4.54. The largest absolute Gasteiger partial charge is 0.309 e. The Balaban J connectivity index is 1.88. The number of nitrogens with one attached hydrogen (secondary N) is 1. The number of aromatic nitrogens is 3. The SMILES string of the molecule is CC[C@@H](C)NCc1nn(Cc2cccc(C)c2)nc1-c1ccccc1. The smallest absolute Gasteiger partial charge is 0.117 e. The fourth-order valence-electron chi connectivity index (χ4n) is 2.78. The predicted molar refractivity (Wildman–Crippen MR) is 102 cm³/mol. The van der Waals surface area contributed by atoms with Gasteiger partial charge in [-0.3, -0.25) is 0 Å². The Hall–Kier alpha value is -2.46. The van der Waals surface area contributed by atoms with Gasteiger partial charge >= 0.3 is 0 Å². The van der Waals surface area contributed by atoms with Crippen molar-refractivity contribution in [2.45, 2.75) is 46.3 Å². The Morgan fingerprint density at radius 1 is 1.04 bits per heavy atom. The van der Waals surface area contributed by atoms with E-state index in [0.717, 1.165) is 29.9 Å². The first kappa shape index (κ1) is 17.4. The maximum absolute atomic E-state index is 4.77. The average molecular weight is 334 g/mol. The maximum Gasteiger partial charge on any atom is 0.117 e. The zero-order chi connectivity index (χ0) is 17.6. The van der Waals surface area contributed by atoms with Crippen LogP contribution in [-0.2, 0) is 13.1 Å². The summed E-state index contributed by atoms with van der Waals surface area (Å²) in [5.74, 6) is 0. The number of aryl methyl sites for hydroxylation is 1. The fourth-order valence-corrected chi connectivity index (χ4v) is 2.78. The number of nitrogens with zero attached hydrogens (tertiary/aromatic N) is 3. The summed E-state index contributed by atoms with van der Waals surface area (Å²) in [4.78, 5) is 1.81. The molecule has 0 bridgehead atoms. The van der Waals surface area contributed by atoms with E-state index in [2.05, 4.69) is 62.5 Å². The second kappa shape index (κ2) is 8.08. The van der Waals surface area contributed by atoms with E-state index in [0.29, 0.717) is 12.6 Å². The summed E-state index contributed by atoms with van der Waals surface area (Å²) in [6.07, 6.45) is 1.10. The number of hydrogen-bond donors (Lipinski definition) is 1. The molecule has 0 saturated carbocycles. The van der Waals surface area contributed by atoms with Crippen LogP contribution in [0.15, 0.2) is 54.6 Å². The molecule has 0 unspecified atom stereocenters. The van der Waals surface area contributed by atoms with E-state index in [4.69, 9.17) is 10.2 Å². The van der Waals surface area contributed by atoms with Gasteiger partial charge in [-0.2, -0.15) is 15.0 Å². The molecule has 3 rings (SSSR count). The lowest BCUT2D eigenvalue weighted by Crippen LogP contribution is -2.25. The standard InChI is InChI=1S/C21H26N4/c1-4-17(3)22-14-20-21(19-11-6-5-7-12-19)24-25(23-20)15-18-10-8-9-16(2)13-18/h5-13,17,22H,4,14-15H2,1-3H3/t17-/m1/s1. The molecule has 0 amide bonds. The summed E-state index contributed by atoms with van der Waals surface area (Å²) in [5.41, 5.74) is 5.55. The van der Waals surface area contributed by atoms with Crippen LogP contribution < -0.4 is 5.32 Å². The third-order valence-electron chi connectivity index (χ3n) is 4.41. The zero-order valence-corrected chi connectivity index (χ0v) is 15.2. The van der Waals surface area contributed by atoms with Crippen molar-refractivity contribution in [3.05, 3.63) is 71.4 Å². The molecule has 1 atom stereocenters. The summed E-state index contributed by atoms with van der Waals surface area (Å²) < 4.78 is 0. The molecule has 0 radical (unpaired) electrons. The molecule has 0 saturated heterocycles. The summed E-state index contributed by atoms with van der Waals surface area (Å²) in [5, 5.41) is 13.1. The lowest BCUT2D eigenvalue weighted by Gasteiger charge is -2.10. The van der Waals surface area contributed by atoms with Crippen LogP contribution in [0.4, 0.5) is 0 Å². The zero-order valence-electron chi connectivity index (χ0n) is 15.2. The van der Waals surface area contributed by atoms with E-state index in [-0.39, 0.29) is 0 Å². The van der Waals surface area contributed by atoms with Crippen LogP contribution in [0, 0.1) is 6.92 Å². The summed E-state index contributed by atoms with van der Waals surface area (Å²) in [7, 11) is 0. The van der Waals surface area contributed by atoms with Crippen molar-refractivity contribution in [1.82, 2.24) is 20.3 Å². The molecule has 0 aliphatic carbocycles. The first-order chi connectivity index (χ1) is 12.2. The Labute approximate surface area is 149 Å². The van der Waals surface area contributed by atoms with Gasteiger partial charge in [-0.05, 0) is 25.8 Å². The Morgan fingerprint density at radius 3 is 2.56 bits per heavy atom. The van der Waals surface area contributed by atoms with Gasteiger partial charge in [0.2, 0.25) is 0 Å². The van der Waals surface area contributed by atoms with E-state index < -0.39 is 0 Å². The lowest BCUT2D eigenvalue weighted by molar-refractivity contribution is 0.520. The minimum atomic E-state index is 0.463. The molecule has 130 valence electrons. The molecule has 4 nitrogen and oxygen atoms in total. The van der Waals surface area contributed by atoms with Crippen LogP contribution in [0.1, 0.15) is 37.1 Å². The quantitative estimate of drug-likeness (QED) is 0.704. The van der Waals surface area contributed by atoms with E-state index in [9.17, 15) is 0 Å². The molecule has 0 fully saturated rings. The van der Waals surface area contributed by atoms with Crippen LogP contribution in [-0.4, -0.2) is 21.0 Å². The van der Waals surface area contributed by atoms with Crippen LogP contribution in [0.2, 0.25) is 0 Å². The van der Waals surface area contributed by atoms with Crippen LogP contribution in [0.5, 0.6) is 0 Å².